The quantitative estimate of drug-likeness (QED) is 0.874. The SMILES string of the molecule is C[C@H](NC1CCCCC1C(C)(C)C)c1ccncc1. The molecule has 2 rings (SSSR count). The molecule has 1 aliphatic carbocycles. The van der Waals surface area contributed by atoms with E-state index in [1.165, 1.54) is 31.2 Å². The van der Waals surface area contributed by atoms with Gasteiger partial charge in [0.25, 0.3) is 0 Å². The van der Waals surface area contributed by atoms with Gasteiger partial charge in [-0.15, -0.1) is 0 Å². The topological polar surface area (TPSA) is 24.9 Å². The van der Waals surface area contributed by atoms with Gasteiger partial charge in [0, 0.05) is 24.5 Å². The Morgan fingerprint density at radius 3 is 2.42 bits per heavy atom. The number of nitrogens with one attached hydrogen (secondary N) is 1. The molecule has 2 heteroatoms. The lowest BCUT2D eigenvalue weighted by Gasteiger charge is -2.42. The first-order valence-corrected chi connectivity index (χ1v) is 7.64. The van der Waals surface area contributed by atoms with Gasteiger partial charge in [0.15, 0.2) is 0 Å². The van der Waals surface area contributed by atoms with Crippen LogP contribution >= 0.6 is 0 Å². The van der Waals surface area contributed by atoms with Crippen LogP contribution in [0.15, 0.2) is 24.5 Å². The molecule has 0 spiro atoms. The molecule has 0 radical (unpaired) electrons. The molecular weight excluding hydrogens is 232 g/mol. The van der Waals surface area contributed by atoms with Crippen LogP contribution in [0.4, 0.5) is 0 Å². The molecule has 2 unspecified atom stereocenters. The number of nitrogens with zero attached hydrogens (tertiary/aromatic N) is 1. The summed E-state index contributed by atoms with van der Waals surface area (Å²) in [6.07, 6.45) is 9.21. The molecule has 2 nitrogen and oxygen atoms in total. The van der Waals surface area contributed by atoms with E-state index in [9.17, 15) is 0 Å². The largest absolute Gasteiger partial charge is 0.307 e. The molecule has 1 aromatic rings. The summed E-state index contributed by atoms with van der Waals surface area (Å²) in [5, 5.41) is 3.86. The summed E-state index contributed by atoms with van der Waals surface area (Å²) in [5.41, 5.74) is 1.74. The third-order valence-electron chi connectivity index (χ3n) is 4.55. The Morgan fingerprint density at radius 2 is 1.79 bits per heavy atom. The van der Waals surface area contributed by atoms with Crippen molar-refractivity contribution in [1.82, 2.24) is 10.3 Å². The zero-order valence-electron chi connectivity index (χ0n) is 12.8. The van der Waals surface area contributed by atoms with E-state index in [0.29, 0.717) is 17.5 Å². The van der Waals surface area contributed by atoms with Crippen molar-refractivity contribution in [1.29, 1.82) is 0 Å². The molecule has 19 heavy (non-hydrogen) atoms. The van der Waals surface area contributed by atoms with E-state index in [1.807, 2.05) is 12.4 Å². The summed E-state index contributed by atoms with van der Waals surface area (Å²) >= 11 is 0. The van der Waals surface area contributed by atoms with Crippen molar-refractivity contribution in [3.05, 3.63) is 30.1 Å². The molecule has 1 N–H and O–H groups in total. The number of hydrogen-bond donors (Lipinski definition) is 1. The van der Waals surface area contributed by atoms with Crippen LogP contribution in [0.5, 0.6) is 0 Å². The third kappa shape index (κ3) is 3.79. The maximum Gasteiger partial charge on any atom is 0.0295 e. The number of aromatic nitrogens is 1. The van der Waals surface area contributed by atoms with Crippen LogP contribution in [-0.4, -0.2) is 11.0 Å². The Kier molecular flexibility index (Phi) is 4.62. The highest BCUT2D eigenvalue weighted by molar-refractivity contribution is 5.14. The standard InChI is InChI=1S/C17H28N2/c1-13(14-9-11-18-12-10-14)19-16-8-6-5-7-15(16)17(2,3)4/h9-13,15-16,19H,5-8H2,1-4H3/t13-,15?,16?/m0/s1. The van der Waals surface area contributed by atoms with Crippen LogP contribution in [0.2, 0.25) is 0 Å². The Morgan fingerprint density at radius 1 is 1.16 bits per heavy atom. The van der Waals surface area contributed by atoms with Crippen LogP contribution in [-0.2, 0) is 0 Å². The van der Waals surface area contributed by atoms with E-state index in [4.69, 9.17) is 0 Å². The maximum absolute atomic E-state index is 4.10. The molecule has 0 saturated heterocycles. The summed E-state index contributed by atoms with van der Waals surface area (Å²) in [7, 11) is 0. The minimum atomic E-state index is 0.399. The lowest BCUT2D eigenvalue weighted by Crippen LogP contribution is -2.45. The molecular formula is C17H28N2. The Labute approximate surface area is 118 Å². The van der Waals surface area contributed by atoms with Crippen LogP contribution in [0.3, 0.4) is 0 Å². The van der Waals surface area contributed by atoms with Crippen LogP contribution in [0.1, 0.15) is 65.0 Å². The van der Waals surface area contributed by atoms with Crippen LogP contribution in [0, 0.1) is 11.3 Å². The Bertz CT molecular complexity index is 380. The number of pyridine rings is 1. The predicted octanol–water partition coefficient (Wildman–Crippen LogP) is 4.34. The van der Waals surface area contributed by atoms with E-state index in [1.54, 1.807) is 0 Å². The molecule has 1 saturated carbocycles. The zero-order valence-corrected chi connectivity index (χ0v) is 12.8. The van der Waals surface area contributed by atoms with Gasteiger partial charge < -0.3 is 5.32 Å². The summed E-state index contributed by atoms with van der Waals surface area (Å²) in [6, 6.07) is 5.30. The van der Waals surface area contributed by atoms with Gasteiger partial charge in [0.05, 0.1) is 0 Å². The lowest BCUT2D eigenvalue weighted by atomic mass is 9.69. The lowest BCUT2D eigenvalue weighted by molar-refractivity contribution is 0.124. The normalized spacial score (nSPS) is 26.1. The molecule has 0 amide bonds. The van der Waals surface area contributed by atoms with Gasteiger partial charge in [-0.2, -0.15) is 0 Å². The molecule has 3 atom stereocenters. The number of hydrogen-bond acceptors (Lipinski definition) is 2. The van der Waals surface area contributed by atoms with E-state index < -0.39 is 0 Å². The van der Waals surface area contributed by atoms with E-state index in [-0.39, 0.29) is 0 Å². The molecule has 0 bridgehead atoms. The average molecular weight is 260 g/mol. The van der Waals surface area contributed by atoms with Crippen molar-refractivity contribution in [2.75, 3.05) is 0 Å². The fourth-order valence-corrected chi connectivity index (χ4v) is 3.44. The summed E-state index contributed by atoms with van der Waals surface area (Å²) in [6.45, 7) is 9.42. The third-order valence-corrected chi connectivity index (χ3v) is 4.55. The highest BCUT2D eigenvalue weighted by Crippen LogP contribution is 2.38. The highest BCUT2D eigenvalue weighted by atomic mass is 15.0. The predicted molar refractivity (Wildman–Crippen MR) is 81.0 cm³/mol. The molecule has 0 aliphatic heterocycles. The summed E-state index contributed by atoms with van der Waals surface area (Å²) < 4.78 is 0. The zero-order chi connectivity index (χ0) is 13.9. The van der Waals surface area contributed by atoms with E-state index in [0.717, 1.165) is 5.92 Å². The smallest absolute Gasteiger partial charge is 0.0295 e. The molecule has 1 aliphatic rings. The van der Waals surface area contributed by atoms with E-state index >= 15 is 0 Å². The van der Waals surface area contributed by atoms with Crippen LogP contribution < -0.4 is 5.32 Å². The first kappa shape index (κ1) is 14.5. The van der Waals surface area contributed by atoms with Gasteiger partial charge in [-0.1, -0.05) is 33.6 Å². The van der Waals surface area contributed by atoms with Crippen LogP contribution in [0.25, 0.3) is 0 Å². The van der Waals surface area contributed by atoms with Gasteiger partial charge in [0.1, 0.15) is 0 Å². The van der Waals surface area contributed by atoms with Gasteiger partial charge in [0.2, 0.25) is 0 Å². The maximum atomic E-state index is 4.10. The second-order valence-electron chi connectivity index (χ2n) is 7.03. The summed E-state index contributed by atoms with van der Waals surface area (Å²) in [5.74, 6) is 0.783. The van der Waals surface area contributed by atoms with Gasteiger partial charge in [-0.05, 0) is 48.8 Å². The monoisotopic (exact) mass is 260 g/mol. The highest BCUT2D eigenvalue weighted by Gasteiger charge is 2.34. The Hall–Kier alpha value is -0.890. The number of rotatable bonds is 3. The van der Waals surface area contributed by atoms with Crippen molar-refractivity contribution in [3.63, 3.8) is 0 Å². The molecule has 1 aromatic heterocycles. The van der Waals surface area contributed by atoms with Gasteiger partial charge in [-0.3, -0.25) is 4.98 Å². The van der Waals surface area contributed by atoms with E-state index in [2.05, 4.69) is 50.1 Å². The molecule has 1 heterocycles. The van der Waals surface area contributed by atoms with Crippen molar-refractivity contribution in [2.24, 2.45) is 11.3 Å². The molecule has 106 valence electrons. The van der Waals surface area contributed by atoms with Crippen molar-refractivity contribution in [2.45, 2.75) is 65.5 Å². The van der Waals surface area contributed by atoms with Crippen molar-refractivity contribution >= 4 is 0 Å². The second-order valence-corrected chi connectivity index (χ2v) is 7.03. The minimum Gasteiger partial charge on any atom is -0.307 e. The fourth-order valence-electron chi connectivity index (χ4n) is 3.44. The molecule has 0 aromatic carbocycles. The molecule has 1 fully saturated rings. The van der Waals surface area contributed by atoms with Gasteiger partial charge >= 0.3 is 0 Å². The van der Waals surface area contributed by atoms with Crippen molar-refractivity contribution < 1.29 is 0 Å². The van der Waals surface area contributed by atoms with Gasteiger partial charge in [-0.25, -0.2) is 0 Å². The second kappa shape index (κ2) is 6.04. The summed E-state index contributed by atoms with van der Waals surface area (Å²) in [4.78, 5) is 4.10. The first-order chi connectivity index (χ1) is 8.98. The van der Waals surface area contributed by atoms with Crippen molar-refractivity contribution in [3.8, 4) is 0 Å². The fraction of sp³-hybridized carbons (Fsp3) is 0.706. The minimum absolute atomic E-state index is 0.399. The first-order valence-electron chi connectivity index (χ1n) is 7.64. The average Bonchev–Trinajstić information content (AvgIpc) is 2.39. The Balaban J connectivity index is 2.04.